The molecule has 1 aromatic rings. The Kier molecular flexibility index (Phi) is 2.90. The maximum Gasteiger partial charge on any atom is 0.231 e. The first kappa shape index (κ1) is 15.2. The fourth-order valence-electron chi connectivity index (χ4n) is 5.47. The SMILES string of the molecule is COC1=CC[C@]23CCN(C)[C@]2(CC(O)c2cc4c(cc23)OCO4)C1=O. The number of Topliss-reactive ketones (excluding diaryl/α,β-unsaturated/α-hetero) is 1. The first-order chi connectivity index (χ1) is 12.0. The van der Waals surface area contributed by atoms with E-state index in [4.69, 9.17) is 14.2 Å². The summed E-state index contributed by atoms with van der Waals surface area (Å²) in [7, 11) is 3.51. The van der Waals surface area contributed by atoms with Gasteiger partial charge in [-0.2, -0.15) is 0 Å². The number of hydrogen-bond acceptors (Lipinski definition) is 6. The van der Waals surface area contributed by atoms with Gasteiger partial charge >= 0.3 is 0 Å². The number of ether oxygens (including phenoxy) is 3. The molecule has 6 nitrogen and oxygen atoms in total. The van der Waals surface area contributed by atoms with E-state index in [2.05, 4.69) is 4.90 Å². The Morgan fingerprint density at radius 1 is 1.32 bits per heavy atom. The van der Waals surface area contributed by atoms with Crippen molar-refractivity contribution in [2.75, 3.05) is 27.5 Å². The normalized spacial score (nSPS) is 35.7. The van der Waals surface area contributed by atoms with Crippen LogP contribution in [0.4, 0.5) is 0 Å². The lowest BCUT2D eigenvalue weighted by Gasteiger charge is -2.54. The Morgan fingerprint density at radius 2 is 2.08 bits per heavy atom. The highest BCUT2D eigenvalue weighted by molar-refractivity contribution is 6.04. The third kappa shape index (κ3) is 1.60. The topological polar surface area (TPSA) is 68.2 Å². The summed E-state index contributed by atoms with van der Waals surface area (Å²) in [5.74, 6) is 1.74. The zero-order chi connectivity index (χ0) is 17.4. The van der Waals surface area contributed by atoms with E-state index in [-0.39, 0.29) is 18.0 Å². The summed E-state index contributed by atoms with van der Waals surface area (Å²) < 4.78 is 16.4. The summed E-state index contributed by atoms with van der Waals surface area (Å²) >= 11 is 0. The van der Waals surface area contributed by atoms with Gasteiger partial charge in [-0.1, -0.05) is 0 Å². The maximum absolute atomic E-state index is 13.4. The van der Waals surface area contributed by atoms with E-state index >= 15 is 0 Å². The van der Waals surface area contributed by atoms with Crippen molar-refractivity contribution in [2.24, 2.45) is 0 Å². The van der Waals surface area contributed by atoms with Gasteiger partial charge < -0.3 is 19.3 Å². The van der Waals surface area contributed by atoms with Gasteiger partial charge in [0.1, 0.15) is 5.54 Å². The number of nitrogens with zero attached hydrogens (tertiary/aromatic N) is 1. The van der Waals surface area contributed by atoms with Crippen LogP contribution in [0, 0.1) is 0 Å². The molecule has 1 unspecified atom stereocenters. The number of aliphatic hydroxyl groups excluding tert-OH is 1. The number of benzene rings is 1. The molecule has 132 valence electrons. The van der Waals surface area contributed by atoms with Crippen LogP contribution < -0.4 is 9.47 Å². The Labute approximate surface area is 146 Å². The van der Waals surface area contributed by atoms with Crippen LogP contribution in [0.5, 0.6) is 11.5 Å². The van der Waals surface area contributed by atoms with Crippen molar-refractivity contribution in [3.8, 4) is 11.5 Å². The van der Waals surface area contributed by atoms with E-state index < -0.39 is 11.6 Å². The second kappa shape index (κ2) is 4.77. The first-order valence-electron chi connectivity index (χ1n) is 8.66. The molecule has 25 heavy (non-hydrogen) atoms. The molecule has 0 saturated carbocycles. The van der Waals surface area contributed by atoms with Gasteiger partial charge in [0, 0.05) is 11.8 Å². The van der Waals surface area contributed by atoms with Gasteiger partial charge in [0.25, 0.3) is 0 Å². The minimum Gasteiger partial charge on any atom is -0.493 e. The molecular weight excluding hydrogens is 322 g/mol. The number of carbonyl (C=O) groups excluding carboxylic acids is 1. The van der Waals surface area contributed by atoms with Crippen molar-refractivity contribution in [1.82, 2.24) is 4.90 Å². The molecule has 1 aromatic carbocycles. The van der Waals surface area contributed by atoms with E-state index in [1.165, 1.54) is 7.11 Å². The quantitative estimate of drug-likeness (QED) is 0.837. The van der Waals surface area contributed by atoms with Crippen molar-refractivity contribution >= 4 is 5.78 Å². The molecule has 2 aliphatic heterocycles. The lowest BCUT2D eigenvalue weighted by atomic mass is 9.53. The monoisotopic (exact) mass is 343 g/mol. The molecule has 1 saturated heterocycles. The van der Waals surface area contributed by atoms with Gasteiger partial charge in [0.05, 0.1) is 13.2 Å². The second-order valence-electron chi connectivity index (χ2n) is 7.43. The Hall–Kier alpha value is -2.05. The van der Waals surface area contributed by atoms with Crippen LogP contribution in [0.15, 0.2) is 24.0 Å². The highest BCUT2D eigenvalue weighted by Gasteiger charge is 2.68. The van der Waals surface area contributed by atoms with Crippen LogP contribution in [0.2, 0.25) is 0 Å². The molecule has 3 atom stereocenters. The van der Waals surface area contributed by atoms with E-state index in [9.17, 15) is 9.90 Å². The van der Waals surface area contributed by atoms with Crippen LogP contribution in [-0.2, 0) is 14.9 Å². The standard InChI is InChI=1S/C19H21NO5/c1-20-6-5-18-4-3-14(23-2)17(22)19(18,20)9-13(21)11-7-15-16(8-12(11)18)25-10-24-15/h3,7-8,13,21H,4-6,9-10H2,1-2H3/t13?,18-,19-/m1/s1. The van der Waals surface area contributed by atoms with Crippen LogP contribution in [-0.4, -0.2) is 48.8 Å². The summed E-state index contributed by atoms with van der Waals surface area (Å²) in [5.41, 5.74) is 0.737. The number of aliphatic hydroxyl groups is 1. The number of fused-ring (bicyclic) bond motifs is 2. The van der Waals surface area contributed by atoms with Crippen LogP contribution in [0.3, 0.4) is 0 Å². The summed E-state index contributed by atoms with van der Waals surface area (Å²) in [6, 6.07) is 3.87. The first-order valence-corrected chi connectivity index (χ1v) is 8.66. The van der Waals surface area contributed by atoms with E-state index in [0.29, 0.717) is 30.1 Å². The molecule has 4 aliphatic rings. The van der Waals surface area contributed by atoms with E-state index in [1.54, 1.807) is 0 Å². The molecule has 0 spiro atoms. The Balaban J connectivity index is 1.80. The van der Waals surface area contributed by atoms with Crippen molar-refractivity contribution < 1.29 is 24.1 Å². The highest BCUT2D eigenvalue weighted by Crippen LogP contribution is 2.62. The van der Waals surface area contributed by atoms with Gasteiger partial charge in [0.15, 0.2) is 17.3 Å². The molecule has 0 amide bonds. The summed E-state index contributed by atoms with van der Waals surface area (Å²) in [5, 5.41) is 10.9. The van der Waals surface area contributed by atoms with Crippen molar-refractivity contribution in [3.63, 3.8) is 0 Å². The summed E-state index contributed by atoms with van der Waals surface area (Å²) in [6.07, 6.45) is 3.13. The molecule has 0 radical (unpaired) electrons. The number of ketones is 1. The number of likely N-dealkylation sites (N-methyl/N-ethyl adjacent to an activating group) is 1. The predicted octanol–water partition coefficient (Wildman–Crippen LogP) is 1.67. The lowest BCUT2D eigenvalue weighted by Crippen LogP contribution is -2.65. The number of rotatable bonds is 1. The fraction of sp³-hybridized carbons (Fsp3) is 0.526. The minimum absolute atomic E-state index is 0.0244. The minimum atomic E-state index is -0.771. The Bertz CT molecular complexity index is 818. The smallest absolute Gasteiger partial charge is 0.231 e. The zero-order valence-corrected chi connectivity index (χ0v) is 14.4. The maximum atomic E-state index is 13.4. The molecule has 1 N–H and O–H groups in total. The van der Waals surface area contributed by atoms with E-state index in [1.807, 2.05) is 25.3 Å². The fourth-order valence-corrected chi connectivity index (χ4v) is 5.47. The van der Waals surface area contributed by atoms with Gasteiger partial charge in [0.2, 0.25) is 12.6 Å². The summed E-state index contributed by atoms with van der Waals surface area (Å²) in [6.45, 7) is 0.996. The van der Waals surface area contributed by atoms with Crippen LogP contribution in [0.1, 0.15) is 36.5 Å². The van der Waals surface area contributed by atoms with Gasteiger partial charge in [-0.05, 0) is 55.8 Å². The van der Waals surface area contributed by atoms with Crippen molar-refractivity contribution in [1.29, 1.82) is 0 Å². The number of likely N-dealkylation sites (tertiary alicyclic amines) is 1. The molecular formula is C19H21NO5. The number of hydrogen-bond donors (Lipinski definition) is 1. The molecule has 1 fully saturated rings. The largest absolute Gasteiger partial charge is 0.493 e. The molecule has 2 aliphatic carbocycles. The third-order valence-electron chi connectivity index (χ3n) is 6.68. The number of allylic oxidation sites excluding steroid dienone is 1. The lowest BCUT2D eigenvalue weighted by molar-refractivity contribution is -0.136. The molecule has 0 aromatic heterocycles. The van der Waals surface area contributed by atoms with Crippen LogP contribution >= 0.6 is 0 Å². The molecule has 6 heteroatoms. The number of carbonyl (C=O) groups is 1. The third-order valence-corrected chi connectivity index (χ3v) is 6.68. The van der Waals surface area contributed by atoms with Crippen molar-refractivity contribution in [3.05, 3.63) is 35.1 Å². The average Bonchev–Trinajstić information content (AvgIpc) is 3.18. The van der Waals surface area contributed by atoms with Gasteiger partial charge in [-0.3, -0.25) is 9.69 Å². The Morgan fingerprint density at radius 3 is 2.84 bits per heavy atom. The second-order valence-corrected chi connectivity index (χ2v) is 7.43. The highest BCUT2D eigenvalue weighted by atomic mass is 16.7. The van der Waals surface area contributed by atoms with E-state index in [0.717, 1.165) is 24.1 Å². The van der Waals surface area contributed by atoms with Gasteiger partial charge in [-0.15, -0.1) is 0 Å². The predicted molar refractivity (Wildman–Crippen MR) is 88.5 cm³/mol. The summed E-state index contributed by atoms with van der Waals surface area (Å²) in [4.78, 5) is 15.5. The molecule has 2 heterocycles. The zero-order valence-electron chi connectivity index (χ0n) is 14.4. The average molecular weight is 343 g/mol. The van der Waals surface area contributed by atoms with Crippen molar-refractivity contribution in [2.45, 2.75) is 36.3 Å². The van der Waals surface area contributed by atoms with Gasteiger partial charge in [-0.25, -0.2) is 0 Å². The van der Waals surface area contributed by atoms with Crippen LogP contribution in [0.25, 0.3) is 0 Å². The number of methoxy groups -OCH3 is 1. The molecule has 0 bridgehead atoms. The molecule has 5 rings (SSSR count).